The molecule has 1 spiro atoms. The molecule has 3 aliphatic rings. The molecule has 1 saturated heterocycles. The SMILES string of the molecule is O=C(NCCCN1C(=O)NC2(CCCC2)C1=O)Nc1ccc2c(c1)OC(F)(F)O2. The number of urea groups is 2. The van der Waals surface area contributed by atoms with E-state index >= 15 is 0 Å². The summed E-state index contributed by atoms with van der Waals surface area (Å²) in [5, 5.41) is 7.88. The summed E-state index contributed by atoms with van der Waals surface area (Å²) in [6, 6.07) is 2.95. The molecule has 1 saturated carbocycles. The van der Waals surface area contributed by atoms with Crippen molar-refractivity contribution >= 4 is 23.7 Å². The lowest BCUT2D eigenvalue weighted by Crippen LogP contribution is -2.44. The largest absolute Gasteiger partial charge is 0.586 e. The highest BCUT2D eigenvalue weighted by Crippen LogP contribution is 2.42. The third-order valence-corrected chi connectivity index (χ3v) is 5.21. The van der Waals surface area contributed by atoms with Crippen LogP contribution in [0.4, 0.5) is 24.1 Å². The molecular weight excluding hydrogens is 390 g/mol. The molecule has 1 aromatic rings. The zero-order valence-corrected chi connectivity index (χ0v) is 15.4. The quantitative estimate of drug-likeness (QED) is 0.510. The van der Waals surface area contributed by atoms with Gasteiger partial charge < -0.3 is 25.4 Å². The van der Waals surface area contributed by atoms with Gasteiger partial charge in [-0.05, 0) is 31.4 Å². The van der Waals surface area contributed by atoms with E-state index in [1.54, 1.807) is 0 Å². The van der Waals surface area contributed by atoms with Crippen LogP contribution in [0.3, 0.4) is 0 Å². The van der Waals surface area contributed by atoms with Gasteiger partial charge in [-0.3, -0.25) is 9.69 Å². The van der Waals surface area contributed by atoms with Gasteiger partial charge in [-0.25, -0.2) is 9.59 Å². The second-order valence-corrected chi connectivity index (χ2v) is 7.24. The number of fused-ring (bicyclic) bond motifs is 1. The first-order valence-corrected chi connectivity index (χ1v) is 9.37. The standard InChI is InChI=1S/C18H20F2N4O5/c19-18(20)28-12-5-4-11(10-13(12)29-18)22-15(26)21-8-3-9-24-14(25)17(23-16(24)27)6-1-2-7-17/h4-5,10H,1-3,6-9H2,(H,23,27)(H2,21,22,26). The number of imide groups is 1. The van der Waals surface area contributed by atoms with Gasteiger partial charge >= 0.3 is 18.4 Å². The van der Waals surface area contributed by atoms with Crippen molar-refractivity contribution in [2.24, 2.45) is 0 Å². The lowest BCUT2D eigenvalue weighted by Gasteiger charge is -2.20. The van der Waals surface area contributed by atoms with Crippen LogP contribution >= 0.6 is 0 Å². The number of alkyl halides is 2. The van der Waals surface area contributed by atoms with E-state index in [1.165, 1.54) is 23.1 Å². The molecule has 0 aromatic heterocycles. The highest BCUT2D eigenvalue weighted by Gasteiger charge is 2.52. The van der Waals surface area contributed by atoms with Crippen molar-refractivity contribution in [3.05, 3.63) is 18.2 Å². The van der Waals surface area contributed by atoms with E-state index in [1.807, 2.05) is 0 Å². The average molecular weight is 410 g/mol. The molecular formula is C18H20F2N4O5. The van der Waals surface area contributed by atoms with Crippen molar-refractivity contribution in [3.8, 4) is 11.5 Å². The lowest BCUT2D eigenvalue weighted by molar-refractivity contribution is -0.286. The first-order chi connectivity index (χ1) is 13.8. The number of benzene rings is 1. The van der Waals surface area contributed by atoms with Crippen molar-refractivity contribution in [1.29, 1.82) is 0 Å². The summed E-state index contributed by atoms with van der Waals surface area (Å²) < 4.78 is 34.6. The molecule has 2 fully saturated rings. The molecule has 5 amide bonds. The molecule has 9 nitrogen and oxygen atoms in total. The third-order valence-electron chi connectivity index (χ3n) is 5.21. The second-order valence-electron chi connectivity index (χ2n) is 7.24. The topological polar surface area (TPSA) is 109 Å². The number of hydrogen-bond acceptors (Lipinski definition) is 5. The third kappa shape index (κ3) is 3.76. The fraction of sp³-hybridized carbons (Fsp3) is 0.500. The van der Waals surface area contributed by atoms with Crippen LogP contribution in [-0.2, 0) is 4.79 Å². The zero-order valence-electron chi connectivity index (χ0n) is 15.4. The van der Waals surface area contributed by atoms with Crippen LogP contribution in [-0.4, -0.2) is 47.8 Å². The fourth-order valence-electron chi connectivity index (χ4n) is 3.84. The highest BCUT2D eigenvalue weighted by atomic mass is 19.3. The van der Waals surface area contributed by atoms with Gasteiger partial charge in [-0.15, -0.1) is 8.78 Å². The number of ether oxygens (including phenoxy) is 2. The van der Waals surface area contributed by atoms with Crippen LogP contribution in [0.15, 0.2) is 18.2 Å². The van der Waals surface area contributed by atoms with E-state index < -0.39 is 23.9 Å². The number of nitrogens with one attached hydrogen (secondary N) is 3. The van der Waals surface area contributed by atoms with Gasteiger partial charge in [0.1, 0.15) is 5.54 Å². The highest BCUT2D eigenvalue weighted by molar-refractivity contribution is 6.07. The van der Waals surface area contributed by atoms with Crippen LogP contribution < -0.4 is 25.4 Å². The first-order valence-electron chi connectivity index (χ1n) is 9.37. The Morgan fingerprint density at radius 1 is 1.17 bits per heavy atom. The minimum Gasteiger partial charge on any atom is -0.395 e. The van der Waals surface area contributed by atoms with Gasteiger partial charge in [-0.2, -0.15) is 0 Å². The maximum Gasteiger partial charge on any atom is 0.586 e. The Labute approximate surface area is 164 Å². The van der Waals surface area contributed by atoms with E-state index in [-0.39, 0.29) is 36.2 Å². The smallest absolute Gasteiger partial charge is 0.395 e. The van der Waals surface area contributed by atoms with Gasteiger partial charge in [0.25, 0.3) is 5.91 Å². The first kappa shape index (κ1) is 19.2. The fourth-order valence-corrected chi connectivity index (χ4v) is 3.84. The molecule has 1 aliphatic carbocycles. The van der Waals surface area contributed by atoms with Crippen molar-refractivity contribution in [3.63, 3.8) is 0 Å². The second kappa shape index (κ2) is 7.05. The number of halogens is 2. The molecule has 0 atom stereocenters. The van der Waals surface area contributed by atoms with Gasteiger partial charge in [0.05, 0.1) is 0 Å². The lowest BCUT2D eigenvalue weighted by atomic mass is 9.98. The monoisotopic (exact) mass is 410 g/mol. The number of amides is 5. The summed E-state index contributed by atoms with van der Waals surface area (Å²) in [6.45, 7) is 0.421. The molecule has 2 aliphatic heterocycles. The maximum absolute atomic E-state index is 13.0. The summed E-state index contributed by atoms with van der Waals surface area (Å²) in [5.41, 5.74) is -0.488. The van der Waals surface area contributed by atoms with Gasteiger partial charge in [0, 0.05) is 24.8 Å². The van der Waals surface area contributed by atoms with E-state index in [0.29, 0.717) is 19.3 Å². The van der Waals surface area contributed by atoms with E-state index in [9.17, 15) is 23.2 Å². The number of carbonyl (C=O) groups excluding carboxylic acids is 3. The summed E-state index contributed by atoms with van der Waals surface area (Å²) in [5.74, 6) is -0.483. The molecule has 3 N–H and O–H groups in total. The molecule has 156 valence electrons. The molecule has 2 heterocycles. The van der Waals surface area contributed by atoms with Crippen LogP contribution in [0.1, 0.15) is 32.1 Å². The van der Waals surface area contributed by atoms with Crippen molar-refractivity contribution in [1.82, 2.24) is 15.5 Å². The Morgan fingerprint density at radius 3 is 2.66 bits per heavy atom. The van der Waals surface area contributed by atoms with Crippen molar-refractivity contribution in [2.45, 2.75) is 43.9 Å². The molecule has 11 heteroatoms. The Kier molecular flexibility index (Phi) is 4.67. The molecule has 0 unspecified atom stereocenters. The summed E-state index contributed by atoms with van der Waals surface area (Å²) in [6.07, 6.45) is -0.180. The number of carbonyl (C=O) groups is 3. The molecule has 29 heavy (non-hydrogen) atoms. The number of hydrogen-bond donors (Lipinski definition) is 3. The Morgan fingerprint density at radius 2 is 1.90 bits per heavy atom. The van der Waals surface area contributed by atoms with E-state index in [4.69, 9.17) is 0 Å². The minimum atomic E-state index is -3.72. The van der Waals surface area contributed by atoms with E-state index in [2.05, 4.69) is 25.4 Å². The summed E-state index contributed by atoms with van der Waals surface area (Å²) in [7, 11) is 0. The van der Waals surface area contributed by atoms with Crippen LogP contribution in [0.5, 0.6) is 11.5 Å². The molecule has 0 radical (unpaired) electrons. The average Bonchev–Trinajstić information content (AvgIpc) is 3.29. The number of nitrogens with zero attached hydrogens (tertiary/aromatic N) is 1. The Hall–Kier alpha value is -3.11. The molecule has 4 rings (SSSR count). The molecule has 0 bridgehead atoms. The molecule has 1 aromatic carbocycles. The van der Waals surface area contributed by atoms with Gasteiger partial charge in [-0.1, -0.05) is 12.8 Å². The van der Waals surface area contributed by atoms with Crippen LogP contribution in [0.25, 0.3) is 0 Å². The van der Waals surface area contributed by atoms with Crippen molar-refractivity contribution < 1.29 is 32.6 Å². The normalized spacial score (nSPS) is 20.8. The van der Waals surface area contributed by atoms with Crippen LogP contribution in [0.2, 0.25) is 0 Å². The number of anilines is 1. The number of rotatable bonds is 5. The summed E-state index contributed by atoms with van der Waals surface area (Å²) in [4.78, 5) is 37.8. The summed E-state index contributed by atoms with van der Waals surface area (Å²) >= 11 is 0. The van der Waals surface area contributed by atoms with Crippen molar-refractivity contribution in [2.75, 3.05) is 18.4 Å². The zero-order chi connectivity index (χ0) is 20.6. The Balaban J connectivity index is 1.22. The van der Waals surface area contributed by atoms with Gasteiger partial charge in [0.15, 0.2) is 11.5 Å². The minimum absolute atomic E-state index is 0.116. The van der Waals surface area contributed by atoms with Crippen LogP contribution in [0, 0.1) is 0 Å². The maximum atomic E-state index is 13.0. The van der Waals surface area contributed by atoms with Gasteiger partial charge in [0.2, 0.25) is 0 Å². The Bertz CT molecular complexity index is 857. The van der Waals surface area contributed by atoms with E-state index in [0.717, 1.165) is 12.8 Å². The predicted octanol–water partition coefficient (Wildman–Crippen LogP) is 2.38. The predicted molar refractivity (Wildman–Crippen MR) is 95.7 cm³/mol.